The molecule has 386 valence electrons. The van der Waals surface area contributed by atoms with E-state index in [0.29, 0.717) is 53.6 Å². The molecule has 0 bridgehead atoms. The topological polar surface area (TPSA) is 186 Å². The third-order valence-electron chi connectivity index (χ3n) is 11.3. The molecule has 0 saturated heterocycles. The molecule has 1 aromatic heterocycles. The highest BCUT2D eigenvalue weighted by Crippen LogP contribution is 2.39. The van der Waals surface area contributed by atoms with E-state index in [-0.39, 0.29) is 44.9 Å². The van der Waals surface area contributed by atoms with E-state index in [9.17, 15) is 24.0 Å². The lowest BCUT2D eigenvalue weighted by molar-refractivity contribution is -0.155. The Balaban J connectivity index is 1.56. The van der Waals surface area contributed by atoms with Crippen LogP contribution in [0.15, 0.2) is 81.1 Å². The van der Waals surface area contributed by atoms with Crippen LogP contribution < -0.4 is 21.3 Å². The Kier molecular flexibility index (Phi) is 20.0. The van der Waals surface area contributed by atoms with Gasteiger partial charge in [0.1, 0.15) is 28.9 Å². The van der Waals surface area contributed by atoms with E-state index in [1.54, 1.807) is 73.0 Å². The highest BCUT2D eigenvalue weighted by molar-refractivity contribution is 9.10. The molecule has 18 heteroatoms. The van der Waals surface area contributed by atoms with Gasteiger partial charge in [-0.25, -0.2) is 9.59 Å². The first kappa shape index (κ1) is 56.8. The van der Waals surface area contributed by atoms with Crippen molar-refractivity contribution in [3.05, 3.63) is 93.0 Å². The van der Waals surface area contributed by atoms with Crippen LogP contribution >= 0.6 is 39.3 Å². The summed E-state index contributed by atoms with van der Waals surface area (Å²) in [4.78, 5) is 86.3. The van der Waals surface area contributed by atoms with E-state index >= 15 is 4.79 Å². The molecule has 3 atom stereocenters. The fourth-order valence-electron chi connectivity index (χ4n) is 7.95. The van der Waals surface area contributed by atoms with E-state index in [2.05, 4.69) is 37.2 Å². The van der Waals surface area contributed by atoms with Crippen molar-refractivity contribution in [2.75, 3.05) is 13.6 Å². The van der Waals surface area contributed by atoms with Crippen molar-refractivity contribution in [3.8, 4) is 0 Å². The molecule has 0 spiro atoms. The Morgan fingerprint density at radius 2 is 1.46 bits per heavy atom. The van der Waals surface area contributed by atoms with E-state index in [4.69, 9.17) is 25.8 Å². The number of esters is 1. The van der Waals surface area contributed by atoms with E-state index < -0.39 is 64.8 Å². The molecular formula is C53H70BrClN6O9S. The number of unbranched alkanes of at least 4 members (excludes halogenated alkanes) is 2. The summed E-state index contributed by atoms with van der Waals surface area (Å²) in [5.41, 5.74) is 0.694. The van der Waals surface area contributed by atoms with Crippen LogP contribution in [-0.4, -0.2) is 93.9 Å². The summed E-state index contributed by atoms with van der Waals surface area (Å²) in [5, 5.41) is 13.5. The zero-order valence-corrected chi connectivity index (χ0v) is 45.8. The van der Waals surface area contributed by atoms with Crippen molar-refractivity contribution in [3.63, 3.8) is 0 Å². The number of hydrogen-bond acceptors (Lipinski definition) is 11. The minimum atomic E-state index is -1.14. The number of nitrogens with zero attached hydrogens (tertiary/aromatic N) is 2. The first-order valence-corrected chi connectivity index (χ1v) is 26.1. The van der Waals surface area contributed by atoms with Crippen molar-refractivity contribution in [2.45, 2.75) is 171 Å². The van der Waals surface area contributed by atoms with Crippen LogP contribution in [-0.2, 0) is 52.9 Å². The average Bonchev–Trinajstić information content (AvgIpc) is 3.64. The number of benzene rings is 3. The van der Waals surface area contributed by atoms with Crippen LogP contribution in [0.1, 0.15) is 124 Å². The second-order valence-corrected chi connectivity index (χ2v) is 23.1. The number of fused-ring (bicyclic) bond motifs is 3. The molecule has 0 saturated carbocycles. The number of alkyl carbamates (subject to hydrolysis) is 1. The van der Waals surface area contributed by atoms with Gasteiger partial charge >= 0.3 is 18.2 Å². The summed E-state index contributed by atoms with van der Waals surface area (Å²) in [6.07, 6.45) is 2.95. The molecule has 0 unspecified atom stereocenters. The highest BCUT2D eigenvalue weighted by atomic mass is 79.9. The predicted octanol–water partition coefficient (Wildman–Crippen LogP) is 10.2. The minimum absolute atomic E-state index is 0.00869. The smallest absolute Gasteiger partial charge is 0.419 e. The first-order valence-electron chi connectivity index (χ1n) is 24.1. The maximum atomic E-state index is 15.1. The maximum absolute atomic E-state index is 15.1. The van der Waals surface area contributed by atoms with Crippen molar-refractivity contribution in [2.24, 2.45) is 0 Å². The van der Waals surface area contributed by atoms with E-state index in [0.717, 1.165) is 25.4 Å². The lowest BCUT2D eigenvalue weighted by Gasteiger charge is -2.32. The van der Waals surface area contributed by atoms with Gasteiger partial charge in [-0.2, -0.15) is 0 Å². The summed E-state index contributed by atoms with van der Waals surface area (Å²) < 4.78 is 18.9. The van der Waals surface area contributed by atoms with Crippen LogP contribution in [0, 0.1) is 0 Å². The number of halogens is 2. The van der Waals surface area contributed by atoms with Gasteiger partial charge in [-0.15, -0.1) is 0 Å². The van der Waals surface area contributed by atoms with Gasteiger partial charge in [0.05, 0.1) is 16.6 Å². The molecule has 4 N–H and O–H groups in total. The summed E-state index contributed by atoms with van der Waals surface area (Å²) in [6, 6.07) is 15.6. The van der Waals surface area contributed by atoms with Gasteiger partial charge in [-0.05, 0) is 135 Å². The highest BCUT2D eigenvalue weighted by Gasteiger charge is 2.35. The molecule has 5 rings (SSSR count). The first-order chi connectivity index (χ1) is 33.3. The molecule has 71 heavy (non-hydrogen) atoms. The number of aromatic nitrogens is 1. The molecule has 4 aromatic rings. The molecule has 2 heterocycles. The van der Waals surface area contributed by atoms with E-state index in [1.807, 2.05) is 63.2 Å². The monoisotopic (exact) mass is 1080 g/mol. The molecule has 0 fully saturated rings. The average molecular weight is 1080 g/mol. The summed E-state index contributed by atoms with van der Waals surface area (Å²) in [7, 11) is 1.54. The van der Waals surface area contributed by atoms with Gasteiger partial charge in [0.15, 0.2) is 0 Å². The SMILES string of the molecule is CN1C(=O)[C@H](CCCCNC(=O)OC(C)(C)C)NC(=O)[C@H](CCCCC(=O)OC(C)(C)C)NCc2ccc(Br)cc2Sc2c(Cl)cccc2CNC(=O)[C@@H]1Cc1cn(C(=O)OC(C)(C)C)c2ccccc12. The normalized spacial score (nSPS) is 17.6. The molecule has 3 aromatic carbocycles. The quantitative estimate of drug-likeness (QED) is 0.0601. The Morgan fingerprint density at radius 3 is 2.17 bits per heavy atom. The number of carbonyl (C=O) groups is 6. The van der Waals surface area contributed by atoms with Crippen LogP contribution in [0.2, 0.25) is 5.02 Å². The standard InChI is InChI=1S/C53H70BrClN6O9S/c1-51(2,3)68-44(62)24-14-12-21-39-46(63)59-40(22-15-16-27-56-49(66)69-52(4,5)6)48(65)60(10)42(28-35-32-61(50(67)70-53(7,8)9)41-23-13-11-19-37(35)41)47(64)58-31-34-18-17-20-38(55)45(34)71-43-29-36(54)26-25-33(43)30-57-39/h11,13,17-20,23,25-26,29,32,39-40,42,57H,12,14-16,21-22,24,27-28,30-31H2,1-10H3,(H,56,66)(H,58,64)(H,59,63)/t39-,40-,42-/m0/s1. The number of nitrogens with one attached hydrogen (secondary N) is 4. The summed E-state index contributed by atoms with van der Waals surface area (Å²) >= 11 is 12.0. The van der Waals surface area contributed by atoms with Crippen LogP contribution in [0.4, 0.5) is 9.59 Å². The zero-order chi connectivity index (χ0) is 52.3. The molecule has 15 nitrogen and oxygen atoms in total. The van der Waals surface area contributed by atoms with Crippen LogP contribution in [0.3, 0.4) is 0 Å². The van der Waals surface area contributed by atoms with Crippen LogP contribution in [0.5, 0.6) is 0 Å². The fourth-order valence-corrected chi connectivity index (χ4v) is 9.89. The second-order valence-electron chi connectivity index (χ2n) is 20.7. The lowest BCUT2D eigenvalue weighted by Crippen LogP contribution is -2.57. The molecule has 1 aliphatic rings. The van der Waals surface area contributed by atoms with Crippen LogP contribution in [0.25, 0.3) is 10.9 Å². The van der Waals surface area contributed by atoms with Crippen molar-refractivity contribution in [1.82, 2.24) is 30.7 Å². The van der Waals surface area contributed by atoms with Gasteiger partial charge in [-0.1, -0.05) is 82.1 Å². The predicted molar refractivity (Wildman–Crippen MR) is 280 cm³/mol. The molecular weight excluding hydrogens is 1010 g/mol. The fraction of sp³-hybridized carbons (Fsp3) is 0.509. The van der Waals surface area contributed by atoms with Gasteiger partial charge in [0.25, 0.3) is 0 Å². The Bertz CT molecular complexity index is 2550. The Labute approximate surface area is 435 Å². The second kappa shape index (κ2) is 25.0. The van der Waals surface area contributed by atoms with Crippen molar-refractivity contribution >= 4 is 86.1 Å². The lowest BCUT2D eigenvalue weighted by atomic mass is 10.0. The number of ether oxygens (including phenoxy) is 3. The molecule has 0 aliphatic carbocycles. The molecule has 0 radical (unpaired) electrons. The molecule has 1 aliphatic heterocycles. The number of likely N-dealkylation sites (N-methyl/N-ethyl adjacent to an activating group) is 1. The van der Waals surface area contributed by atoms with Gasteiger partial charge in [-0.3, -0.25) is 23.7 Å². The number of rotatable bonds is 12. The van der Waals surface area contributed by atoms with E-state index in [1.165, 1.54) is 21.2 Å². The number of amides is 4. The number of carbonyl (C=O) groups excluding carboxylic acids is 6. The third kappa shape index (κ3) is 17.6. The number of hydrogen-bond donors (Lipinski definition) is 4. The number of para-hydroxylation sites is 1. The minimum Gasteiger partial charge on any atom is -0.460 e. The molecule has 4 amide bonds. The van der Waals surface area contributed by atoms with Crippen molar-refractivity contribution in [1.29, 1.82) is 0 Å². The Hall–Kier alpha value is -5.10. The summed E-state index contributed by atoms with van der Waals surface area (Å²) in [6.45, 7) is 16.7. The summed E-state index contributed by atoms with van der Waals surface area (Å²) in [5.74, 6) is -1.76. The van der Waals surface area contributed by atoms with Gasteiger partial charge in [0.2, 0.25) is 17.7 Å². The zero-order valence-electron chi connectivity index (χ0n) is 42.6. The largest absolute Gasteiger partial charge is 0.460 e. The Morgan fingerprint density at radius 1 is 0.789 bits per heavy atom. The van der Waals surface area contributed by atoms with Gasteiger partial charge < -0.3 is 40.4 Å². The maximum Gasteiger partial charge on any atom is 0.419 e. The van der Waals surface area contributed by atoms with Crippen molar-refractivity contribution < 1.29 is 43.0 Å². The third-order valence-corrected chi connectivity index (χ3v) is 13.5. The van der Waals surface area contributed by atoms with Gasteiger partial charge in [0, 0.05) is 65.4 Å².